The highest BCUT2D eigenvalue weighted by atomic mass is 32.2. The van der Waals surface area contributed by atoms with Crippen molar-refractivity contribution in [3.05, 3.63) is 0 Å². The molecule has 1 aromatic rings. The molecule has 194 valence electrons. The van der Waals surface area contributed by atoms with Gasteiger partial charge in [0.15, 0.2) is 6.04 Å². The van der Waals surface area contributed by atoms with Crippen LogP contribution in [0.1, 0.15) is 13.3 Å². The van der Waals surface area contributed by atoms with Crippen molar-refractivity contribution in [3.63, 3.8) is 0 Å². The summed E-state index contributed by atoms with van der Waals surface area (Å²) in [5, 5.41) is 20.4. The standard InChI is InChI=1S/C16H20F3N7O6S3/c1-8(27)26(35(32)7-16(17,18)19)10-11(29)24-4-15(13(30)31,5-33-12(10)24)6-34-14-21-22-23-25(14)3-2-9(20)28/h10,12H,2-7H2,1H3,(H2,20,28)(H,30,31)/t10?,12-,15?,35?/m1/s1. The van der Waals surface area contributed by atoms with Crippen LogP contribution in [0, 0.1) is 5.41 Å². The van der Waals surface area contributed by atoms with Gasteiger partial charge in [-0.1, -0.05) is 11.8 Å². The number of aryl methyl sites for hydroxylation is 1. The Kier molecular flexibility index (Phi) is 7.99. The van der Waals surface area contributed by atoms with Crippen LogP contribution in [0.25, 0.3) is 0 Å². The van der Waals surface area contributed by atoms with Gasteiger partial charge >= 0.3 is 12.1 Å². The quantitative estimate of drug-likeness (QED) is 0.267. The number of tetrazole rings is 1. The molecule has 35 heavy (non-hydrogen) atoms. The molecule has 2 aliphatic heterocycles. The van der Waals surface area contributed by atoms with Crippen LogP contribution in [0.3, 0.4) is 0 Å². The number of amides is 3. The van der Waals surface area contributed by atoms with Crippen LogP contribution in [0.2, 0.25) is 0 Å². The number of hydrogen-bond acceptors (Lipinski definition) is 10. The van der Waals surface area contributed by atoms with Crippen molar-refractivity contribution in [2.75, 3.05) is 23.8 Å². The van der Waals surface area contributed by atoms with Crippen LogP contribution in [-0.4, -0.2) is 104 Å². The monoisotopic (exact) mass is 559 g/mol. The second kappa shape index (κ2) is 10.3. The summed E-state index contributed by atoms with van der Waals surface area (Å²) in [5.41, 5.74) is 3.65. The average Bonchev–Trinajstić information content (AvgIpc) is 3.19. The number of fused-ring (bicyclic) bond motifs is 1. The maximum Gasteiger partial charge on any atom is 0.402 e. The molecule has 0 saturated carbocycles. The van der Waals surface area contributed by atoms with Crippen LogP contribution in [0.15, 0.2) is 5.16 Å². The third-order valence-electron chi connectivity index (χ3n) is 5.19. The zero-order valence-electron chi connectivity index (χ0n) is 18.0. The molecule has 3 amide bonds. The molecule has 0 spiro atoms. The highest BCUT2D eigenvalue weighted by Crippen LogP contribution is 2.46. The molecule has 2 saturated heterocycles. The molecule has 0 radical (unpaired) electrons. The molecule has 4 atom stereocenters. The van der Waals surface area contributed by atoms with Gasteiger partial charge in [0.05, 0.1) is 6.54 Å². The number of nitrogens with two attached hydrogens (primary N) is 1. The van der Waals surface area contributed by atoms with E-state index >= 15 is 0 Å². The van der Waals surface area contributed by atoms with Gasteiger partial charge in [0, 0.05) is 31.4 Å². The predicted molar refractivity (Wildman–Crippen MR) is 116 cm³/mol. The molecule has 3 heterocycles. The number of carbonyl (C=O) groups excluding carboxylic acids is 3. The largest absolute Gasteiger partial charge is 0.481 e. The number of carbonyl (C=O) groups is 4. The van der Waals surface area contributed by atoms with Crippen LogP contribution in [-0.2, 0) is 36.7 Å². The van der Waals surface area contributed by atoms with E-state index in [4.69, 9.17) is 5.73 Å². The number of primary amides is 1. The summed E-state index contributed by atoms with van der Waals surface area (Å²) < 4.78 is 52.1. The van der Waals surface area contributed by atoms with E-state index in [2.05, 4.69) is 15.5 Å². The number of halogens is 3. The summed E-state index contributed by atoms with van der Waals surface area (Å²) in [6.45, 7) is 0.727. The Morgan fingerprint density at radius 3 is 2.66 bits per heavy atom. The van der Waals surface area contributed by atoms with Crippen molar-refractivity contribution < 1.29 is 41.7 Å². The second-order valence-electron chi connectivity index (χ2n) is 7.81. The maximum atomic E-state index is 12.8. The number of alkyl halides is 3. The molecule has 19 heteroatoms. The number of nitrogens with zero attached hydrogens (tertiary/aromatic N) is 6. The van der Waals surface area contributed by atoms with Gasteiger partial charge in [-0.15, -0.1) is 16.9 Å². The number of β-lactam (4-membered cyclic amide) rings is 1. The molecule has 2 fully saturated rings. The first-order chi connectivity index (χ1) is 16.3. The Morgan fingerprint density at radius 2 is 2.09 bits per heavy atom. The summed E-state index contributed by atoms with van der Waals surface area (Å²) in [5.74, 6) is -5.42. The zero-order chi connectivity index (χ0) is 26.1. The predicted octanol–water partition coefficient (Wildman–Crippen LogP) is -0.930. The fourth-order valence-electron chi connectivity index (χ4n) is 3.50. The van der Waals surface area contributed by atoms with Crippen molar-refractivity contribution in [3.8, 4) is 0 Å². The summed E-state index contributed by atoms with van der Waals surface area (Å²) in [6.07, 6.45) is -4.85. The second-order valence-corrected chi connectivity index (χ2v) is 11.2. The van der Waals surface area contributed by atoms with Crippen LogP contribution >= 0.6 is 23.5 Å². The van der Waals surface area contributed by atoms with Gasteiger partial charge in [-0.25, -0.2) is 13.2 Å². The summed E-state index contributed by atoms with van der Waals surface area (Å²) in [7, 11) is -2.81. The van der Waals surface area contributed by atoms with E-state index in [9.17, 15) is 41.7 Å². The Labute approximate surface area is 206 Å². The minimum absolute atomic E-state index is 0.0355. The fraction of sp³-hybridized carbons (Fsp3) is 0.688. The number of carboxylic acids is 1. The number of aromatic nitrogens is 4. The van der Waals surface area contributed by atoms with E-state index < -0.39 is 63.4 Å². The van der Waals surface area contributed by atoms with Gasteiger partial charge in [-0.2, -0.15) is 13.2 Å². The molecule has 0 bridgehead atoms. The number of hydrogen-bond donors (Lipinski definition) is 2. The zero-order valence-corrected chi connectivity index (χ0v) is 20.5. The van der Waals surface area contributed by atoms with Gasteiger partial charge in [-0.3, -0.25) is 19.2 Å². The third-order valence-corrected chi connectivity index (χ3v) is 9.50. The van der Waals surface area contributed by atoms with Crippen LogP contribution < -0.4 is 5.73 Å². The molecular formula is C16H20F3N7O6S3. The van der Waals surface area contributed by atoms with Gasteiger partial charge < -0.3 is 15.7 Å². The molecule has 13 nitrogen and oxygen atoms in total. The van der Waals surface area contributed by atoms with Gasteiger partial charge in [0.1, 0.15) is 27.5 Å². The lowest BCUT2D eigenvalue weighted by Crippen LogP contribution is -2.74. The normalized spacial score (nSPS) is 24.9. The third kappa shape index (κ3) is 5.88. The Morgan fingerprint density at radius 1 is 1.40 bits per heavy atom. The molecule has 2 aliphatic rings. The summed E-state index contributed by atoms with van der Waals surface area (Å²) >= 11 is 1.97. The molecule has 3 N–H and O–H groups in total. The van der Waals surface area contributed by atoms with E-state index in [0.29, 0.717) is 4.31 Å². The van der Waals surface area contributed by atoms with Gasteiger partial charge in [0.2, 0.25) is 17.0 Å². The van der Waals surface area contributed by atoms with E-state index in [1.165, 1.54) is 4.68 Å². The Balaban J connectivity index is 1.72. The topological polar surface area (TPSA) is 182 Å². The average molecular weight is 560 g/mol. The molecular weight excluding hydrogens is 539 g/mol. The van der Waals surface area contributed by atoms with Gasteiger partial charge in [-0.05, 0) is 10.4 Å². The van der Waals surface area contributed by atoms with E-state index in [1.807, 2.05) is 0 Å². The molecule has 0 aromatic carbocycles. The smallest absolute Gasteiger partial charge is 0.402 e. The van der Waals surface area contributed by atoms with Crippen LogP contribution in [0.4, 0.5) is 13.2 Å². The lowest BCUT2D eigenvalue weighted by molar-refractivity contribution is -0.161. The van der Waals surface area contributed by atoms with Crippen molar-refractivity contribution in [1.82, 2.24) is 29.4 Å². The lowest BCUT2D eigenvalue weighted by atomic mass is 9.89. The molecule has 0 aliphatic carbocycles. The van der Waals surface area contributed by atoms with E-state index in [1.54, 1.807) is 0 Å². The fourth-order valence-corrected chi connectivity index (χ4v) is 7.55. The molecule has 3 unspecified atom stereocenters. The minimum Gasteiger partial charge on any atom is -0.481 e. The lowest BCUT2D eigenvalue weighted by Gasteiger charge is -2.55. The maximum absolute atomic E-state index is 12.8. The number of rotatable bonds is 10. The van der Waals surface area contributed by atoms with E-state index in [-0.39, 0.29) is 36.2 Å². The number of aliphatic carboxylic acids is 1. The molecule has 3 rings (SSSR count). The van der Waals surface area contributed by atoms with Crippen LogP contribution in [0.5, 0.6) is 0 Å². The SMILES string of the molecule is CC(=O)N(C1C(=O)N2CC(CSc3nnnn3CCC(N)=O)(C(=O)O)CS[C@H]12)S(=O)CC(F)(F)F. The Bertz CT molecular complexity index is 1060. The van der Waals surface area contributed by atoms with Gasteiger partial charge in [0.25, 0.3) is 5.91 Å². The number of carboxylic acid groups (broad SMARTS) is 1. The first kappa shape index (κ1) is 27.2. The molecule has 1 aromatic heterocycles. The van der Waals surface area contributed by atoms with Crippen molar-refractivity contribution in [2.24, 2.45) is 11.1 Å². The summed E-state index contributed by atoms with van der Waals surface area (Å²) in [4.78, 5) is 49.1. The summed E-state index contributed by atoms with van der Waals surface area (Å²) in [6, 6.07) is -1.39. The Hall–Kier alpha value is -2.41. The van der Waals surface area contributed by atoms with E-state index in [0.717, 1.165) is 35.3 Å². The van der Waals surface area contributed by atoms with Crippen molar-refractivity contribution >= 4 is 58.2 Å². The first-order valence-corrected chi connectivity index (χ1v) is 13.1. The minimum atomic E-state index is -4.81. The highest BCUT2D eigenvalue weighted by Gasteiger charge is 2.60. The number of thioether (sulfide) groups is 2. The van der Waals surface area contributed by atoms with Crippen molar-refractivity contribution in [1.29, 1.82) is 0 Å². The highest BCUT2D eigenvalue weighted by molar-refractivity contribution is 8.00. The first-order valence-electron chi connectivity index (χ1n) is 9.83. The van der Waals surface area contributed by atoms with Crippen molar-refractivity contribution in [2.45, 2.75) is 42.6 Å².